The Hall–Kier alpha value is -3.61. The van der Waals surface area contributed by atoms with Crippen LogP contribution in [0.3, 0.4) is 0 Å². The topological polar surface area (TPSA) is 82.5 Å². The van der Waals surface area contributed by atoms with E-state index in [9.17, 15) is 9.59 Å². The molecule has 30 heavy (non-hydrogen) atoms. The van der Waals surface area contributed by atoms with Gasteiger partial charge in [-0.2, -0.15) is 9.78 Å². The van der Waals surface area contributed by atoms with Gasteiger partial charge in [0.25, 0.3) is 11.5 Å². The van der Waals surface area contributed by atoms with Crippen LogP contribution in [-0.2, 0) is 6.42 Å². The molecule has 0 bridgehead atoms. The second-order valence-electron chi connectivity index (χ2n) is 7.69. The van der Waals surface area contributed by atoms with Crippen LogP contribution in [0.5, 0.6) is 11.5 Å². The first-order valence-corrected chi connectivity index (χ1v) is 9.81. The van der Waals surface area contributed by atoms with E-state index in [0.717, 1.165) is 17.7 Å². The average molecular weight is 405 g/mol. The number of nitrogens with one attached hydrogen (secondary N) is 1. The van der Waals surface area contributed by atoms with Crippen molar-refractivity contribution in [3.8, 4) is 17.2 Å². The van der Waals surface area contributed by atoms with Crippen LogP contribution >= 0.6 is 0 Å². The van der Waals surface area contributed by atoms with E-state index < -0.39 is 0 Å². The summed E-state index contributed by atoms with van der Waals surface area (Å²) in [6, 6.07) is 17.5. The van der Waals surface area contributed by atoms with Crippen molar-refractivity contribution in [2.24, 2.45) is 0 Å². The van der Waals surface area contributed by atoms with E-state index in [0.29, 0.717) is 11.4 Å². The second-order valence-corrected chi connectivity index (χ2v) is 7.69. The maximum absolute atomic E-state index is 12.5. The Kier molecular flexibility index (Phi) is 5.27. The van der Waals surface area contributed by atoms with Crippen LogP contribution in [0.1, 0.15) is 29.9 Å². The first-order chi connectivity index (χ1) is 14.4. The lowest BCUT2D eigenvalue weighted by molar-refractivity contribution is 0.0939. The molecule has 2 aromatic carbocycles. The van der Waals surface area contributed by atoms with Crippen LogP contribution in [0.25, 0.3) is 5.69 Å². The van der Waals surface area contributed by atoms with Crippen molar-refractivity contribution in [3.05, 3.63) is 82.3 Å². The van der Waals surface area contributed by atoms with Crippen molar-refractivity contribution in [2.45, 2.75) is 25.9 Å². The van der Waals surface area contributed by atoms with Crippen molar-refractivity contribution in [1.29, 1.82) is 0 Å². The Morgan fingerprint density at radius 2 is 1.93 bits per heavy atom. The number of ether oxygens (including phenoxy) is 2. The van der Waals surface area contributed by atoms with Crippen LogP contribution in [0.15, 0.2) is 65.5 Å². The van der Waals surface area contributed by atoms with E-state index in [1.165, 1.54) is 16.8 Å². The molecule has 1 aliphatic heterocycles. The van der Waals surface area contributed by atoms with Gasteiger partial charge in [0, 0.05) is 18.1 Å². The molecule has 0 unspecified atom stereocenters. The van der Waals surface area contributed by atoms with Gasteiger partial charge in [-0.05, 0) is 38.1 Å². The van der Waals surface area contributed by atoms with Gasteiger partial charge in [-0.25, -0.2) is 0 Å². The lowest BCUT2D eigenvalue weighted by Gasteiger charge is -2.18. The third-order valence-corrected chi connectivity index (χ3v) is 4.73. The fourth-order valence-corrected chi connectivity index (χ4v) is 3.40. The van der Waals surface area contributed by atoms with Gasteiger partial charge in [-0.15, -0.1) is 0 Å². The van der Waals surface area contributed by atoms with Crippen molar-refractivity contribution in [2.75, 3.05) is 13.2 Å². The van der Waals surface area contributed by atoms with Gasteiger partial charge in [-0.3, -0.25) is 9.59 Å². The summed E-state index contributed by atoms with van der Waals surface area (Å²) in [6.45, 7) is 4.65. The molecule has 4 rings (SSSR count). The molecule has 1 N–H and O–H groups in total. The van der Waals surface area contributed by atoms with E-state index >= 15 is 0 Å². The number of carbonyl (C=O) groups is 1. The summed E-state index contributed by atoms with van der Waals surface area (Å²) in [5.41, 5.74) is 1.32. The lowest BCUT2D eigenvalue weighted by Crippen LogP contribution is -2.31. The largest absolute Gasteiger partial charge is 0.488 e. The zero-order chi connectivity index (χ0) is 21.1. The average Bonchev–Trinajstić information content (AvgIpc) is 3.06. The summed E-state index contributed by atoms with van der Waals surface area (Å²) in [7, 11) is 0. The van der Waals surface area contributed by atoms with E-state index in [1.54, 1.807) is 24.3 Å². The van der Waals surface area contributed by atoms with Crippen LogP contribution in [0.4, 0.5) is 0 Å². The number of rotatable bonds is 6. The Morgan fingerprint density at radius 1 is 1.13 bits per heavy atom. The molecule has 3 aromatic rings. The number of amides is 1. The first-order valence-electron chi connectivity index (χ1n) is 9.81. The van der Waals surface area contributed by atoms with E-state index in [1.807, 2.05) is 38.1 Å². The van der Waals surface area contributed by atoms with Crippen molar-refractivity contribution in [3.63, 3.8) is 0 Å². The zero-order valence-electron chi connectivity index (χ0n) is 16.9. The highest BCUT2D eigenvalue weighted by Gasteiger charge is 2.32. The summed E-state index contributed by atoms with van der Waals surface area (Å²) < 4.78 is 13.0. The maximum atomic E-state index is 12.5. The molecule has 7 heteroatoms. The number of fused-ring (bicyclic) bond motifs is 1. The molecule has 1 amide bonds. The monoisotopic (exact) mass is 405 g/mol. The van der Waals surface area contributed by atoms with Gasteiger partial charge in [0.05, 0.1) is 12.2 Å². The van der Waals surface area contributed by atoms with E-state index in [4.69, 9.17) is 9.47 Å². The van der Waals surface area contributed by atoms with Crippen molar-refractivity contribution in [1.82, 2.24) is 15.1 Å². The summed E-state index contributed by atoms with van der Waals surface area (Å²) >= 11 is 0. The Morgan fingerprint density at radius 3 is 2.73 bits per heavy atom. The number of hydrogen-bond acceptors (Lipinski definition) is 5. The fraction of sp³-hybridized carbons (Fsp3) is 0.261. The molecule has 0 atom stereocenters. The number of benzene rings is 2. The smallest absolute Gasteiger partial charge is 0.271 e. The molecule has 0 saturated carbocycles. The molecule has 1 aliphatic rings. The van der Waals surface area contributed by atoms with Crippen LogP contribution in [0, 0.1) is 0 Å². The number of aromatic nitrogens is 2. The second kappa shape index (κ2) is 8.02. The van der Waals surface area contributed by atoms with Crippen LogP contribution in [0.2, 0.25) is 0 Å². The van der Waals surface area contributed by atoms with Gasteiger partial charge in [0.15, 0.2) is 11.5 Å². The van der Waals surface area contributed by atoms with Gasteiger partial charge in [0.2, 0.25) is 0 Å². The SMILES string of the molecule is CC1(C)Cc2cccc(OCCNC(=O)c3ccc(=O)n(-c4ccccc4)n3)c2O1. The number of nitrogens with zero attached hydrogens (tertiary/aromatic N) is 2. The van der Waals surface area contributed by atoms with E-state index in [2.05, 4.69) is 10.4 Å². The zero-order valence-corrected chi connectivity index (χ0v) is 16.9. The molecule has 0 radical (unpaired) electrons. The third-order valence-electron chi connectivity index (χ3n) is 4.73. The molecule has 7 nitrogen and oxygen atoms in total. The van der Waals surface area contributed by atoms with Crippen LogP contribution < -0.4 is 20.3 Å². The Labute approximate surface area is 174 Å². The predicted octanol–water partition coefficient (Wildman–Crippen LogP) is 2.75. The number of carbonyl (C=O) groups excluding carboxylic acids is 1. The summed E-state index contributed by atoms with van der Waals surface area (Å²) in [5.74, 6) is 1.06. The predicted molar refractivity (Wildman–Crippen MR) is 113 cm³/mol. The first kappa shape index (κ1) is 19.7. The highest BCUT2D eigenvalue weighted by Crippen LogP contribution is 2.41. The van der Waals surface area contributed by atoms with Crippen LogP contribution in [-0.4, -0.2) is 34.4 Å². The molecule has 1 aromatic heterocycles. The van der Waals surface area contributed by atoms with Gasteiger partial charge in [0.1, 0.15) is 17.9 Å². The highest BCUT2D eigenvalue weighted by molar-refractivity contribution is 5.92. The Bertz CT molecular complexity index is 1120. The van der Waals surface area contributed by atoms with Gasteiger partial charge in [-0.1, -0.05) is 30.3 Å². The molecule has 0 aliphatic carbocycles. The summed E-state index contributed by atoms with van der Waals surface area (Å²) in [4.78, 5) is 24.5. The minimum Gasteiger partial charge on any atom is -0.488 e. The molecule has 2 heterocycles. The normalized spacial score (nSPS) is 13.9. The molecule has 0 spiro atoms. The number of hydrogen-bond donors (Lipinski definition) is 1. The van der Waals surface area contributed by atoms with Gasteiger partial charge >= 0.3 is 0 Å². The molecule has 0 saturated heterocycles. The Balaban J connectivity index is 1.37. The molecule has 0 fully saturated rings. The fourth-order valence-electron chi connectivity index (χ4n) is 3.40. The highest BCUT2D eigenvalue weighted by atomic mass is 16.5. The summed E-state index contributed by atoms with van der Waals surface area (Å²) in [6.07, 6.45) is 0.832. The molecular formula is C23H23N3O4. The quantitative estimate of drug-likeness (QED) is 0.638. The molecular weight excluding hydrogens is 382 g/mol. The van der Waals surface area contributed by atoms with Crippen molar-refractivity contribution < 1.29 is 14.3 Å². The minimum absolute atomic E-state index is 0.157. The van der Waals surface area contributed by atoms with Crippen molar-refractivity contribution >= 4 is 5.91 Å². The molecule has 154 valence electrons. The lowest BCUT2D eigenvalue weighted by atomic mass is 10.0. The van der Waals surface area contributed by atoms with Gasteiger partial charge < -0.3 is 14.8 Å². The standard InChI is InChI=1S/C23H23N3O4/c1-23(2)15-16-7-6-10-19(21(16)30-23)29-14-13-24-22(28)18-11-12-20(27)26(25-18)17-8-4-3-5-9-17/h3-12H,13-15H2,1-2H3,(H,24,28). The summed E-state index contributed by atoms with van der Waals surface area (Å²) in [5, 5.41) is 6.94. The minimum atomic E-state index is -0.376. The third kappa shape index (κ3) is 4.20. The maximum Gasteiger partial charge on any atom is 0.271 e. The number of para-hydroxylation sites is 2. The van der Waals surface area contributed by atoms with E-state index in [-0.39, 0.29) is 35.9 Å².